The van der Waals surface area contributed by atoms with Gasteiger partial charge in [0.25, 0.3) is 0 Å². The molecule has 1 aromatic heterocycles. The molecule has 1 aromatic rings. The van der Waals surface area contributed by atoms with E-state index < -0.39 is 0 Å². The van der Waals surface area contributed by atoms with Gasteiger partial charge in [-0.3, -0.25) is 0 Å². The highest BCUT2D eigenvalue weighted by atomic mass is 32.1. The first-order chi connectivity index (χ1) is 7.38. The minimum absolute atomic E-state index is 0.404. The Hall–Kier alpha value is -0.700. The number of nitrogens with one attached hydrogen (secondary N) is 1. The third kappa shape index (κ3) is 2.51. The van der Waals surface area contributed by atoms with Crippen LogP contribution in [0.25, 0.3) is 0 Å². The van der Waals surface area contributed by atoms with E-state index in [2.05, 4.69) is 37.7 Å². The van der Waals surface area contributed by atoms with Gasteiger partial charge in [0.05, 0.1) is 0 Å². The normalized spacial score (nSPS) is 22.4. The molecule has 0 aliphatic heterocycles. The van der Waals surface area contributed by atoms with Crippen molar-refractivity contribution in [2.75, 3.05) is 0 Å². The lowest BCUT2D eigenvalue weighted by molar-refractivity contribution is 0.597. The SMILES string of the molecule is CC(C)Cc1cc(=S)nc(C2CC2(C)C)[nH]1. The van der Waals surface area contributed by atoms with Crippen LogP contribution in [0.1, 0.15) is 51.6 Å². The van der Waals surface area contributed by atoms with Crippen LogP contribution in [0.15, 0.2) is 6.07 Å². The van der Waals surface area contributed by atoms with Gasteiger partial charge in [0.2, 0.25) is 0 Å². The summed E-state index contributed by atoms with van der Waals surface area (Å²) in [6.07, 6.45) is 2.27. The molecule has 0 amide bonds. The molecule has 3 heteroatoms. The number of H-pyrrole nitrogens is 1. The number of aromatic amines is 1. The van der Waals surface area contributed by atoms with Crippen LogP contribution in [-0.4, -0.2) is 9.97 Å². The Labute approximate surface area is 103 Å². The van der Waals surface area contributed by atoms with E-state index in [4.69, 9.17) is 12.2 Å². The first-order valence-corrected chi connectivity index (χ1v) is 6.39. The quantitative estimate of drug-likeness (QED) is 0.807. The van der Waals surface area contributed by atoms with E-state index in [1.54, 1.807) is 0 Å². The number of hydrogen-bond donors (Lipinski definition) is 1. The molecule has 1 N–H and O–H groups in total. The van der Waals surface area contributed by atoms with Gasteiger partial charge in [-0.05, 0) is 30.2 Å². The van der Waals surface area contributed by atoms with E-state index in [9.17, 15) is 0 Å². The van der Waals surface area contributed by atoms with Gasteiger partial charge >= 0.3 is 0 Å². The molecule has 1 aliphatic rings. The number of hydrogen-bond acceptors (Lipinski definition) is 2. The van der Waals surface area contributed by atoms with Crippen molar-refractivity contribution in [1.82, 2.24) is 9.97 Å². The molecule has 16 heavy (non-hydrogen) atoms. The van der Waals surface area contributed by atoms with Gasteiger partial charge in [-0.1, -0.05) is 39.9 Å². The highest BCUT2D eigenvalue weighted by Crippen LogP contribution is 2.57. The number of nitrogens with zero attached hydrogens (tertiary/aromatic N) is 1. The molecule has 0 radical (unpaired) electrons. The van der Waals surface area contributed by atoms with Gasteiger partial charge in [0.1, 0.15) is 10.5 Å². The second-order valence-electron chi connectivity index (χ2n) is 5.97. The Balaban J connectivity index is 2.27. The van der Waals surface area contributed by atoms with Crippen molar-refractivity contribution in [2.45, 2.75) is 46.5 Å². The third-order valence-corrected chi connectivity index (χ3v) is 3.50. The lowest BCUT2D eigenvalue weighted by Crippen LogP contribution is -2.04. The first-order valence-electron chi connectivity index (χ1n) is 5.98. The standard InChI is InChI=1S/C13H20N2S/c1-8(2)5-9-6-11(16)15-12(14-9)10-7-13(10,3)4/h6,8,10H,5,7H2,1-4H3,(H,14,15,16). The molecule has 1 heterocycles. The van der Waals surface area contributed by atoms with Crippen molar-refractivity contribution < 1.29 is 0 Å². The zero-order valence-corrected chi connectivity index (χ0v) is 11.3. The van der Waals surface area contributed by atoms with Crippen molar-refractivity contribution in [3.8, 4) is 0 Å². The number of rotatable bonds is 3. The molecule has 88 valence electrons. The zero-order chi connectivity index (χ0) is 11.9. The highest BCUT2D eigenvalue weighted by Gasteiger charge is 2.48. The van der Waals surface area contributed by atoms with Gasteiger partial charge in [-0.25, -0.2) is 4.98 Å². The van der Waals surface area contributed by atoms with Crippen molar-refractivity contribution in [2.24, 2.45) is 11.3 Å². The Bertz CT molecular complexity index is 445. The Morgan fingerprint density at radius 2 is 2.19 bits per heavy atom. The summed E-state index contributed by atoms with van der Waals surface area (Å²) in [5.74, 6) is 2.31. The van der Waals surface area contributed by atoms with Gasteiger partial charge < -0.3 is 4.98 Å². The largest absolute Gasteiger partial charge is 0.347 e. The summed E-state index contributed by atoms with van der Waals surface area (Å²) in [7, 11) is 0. The molecule has 0 saturated heterocycles. The minimum Gasteiger partial charge on any atom is -0.347 e. The Morgan fingerprint density at radius 3 is 2.69 bits per heavy atom. The average Bonchev–Trinajstić information content (AvgIpc) is 2.72. The third-order valence-electron chi connectivity index (χ3n) is 3.29. The summed E-state index contributed by atoms with van der Waals surface area (Å²) in [6, 6.07) is 1.99. The molecule has 0 bridgehead atoms. The van der Waals surface area contributed by atoms with Crippen molar-refractivity contribution in [3.63, 3.8) is 0 Å². The van der Waals surface area contributed by atoms with Crippen LogP contribution < -0.4 is 0 Å². The van der Waals surface area contributed by atoms with Gasteiger partial charge in [-0.2, -0.15) is 0 Å². The summed E-state index contributed by atoms with van der Waals surface area (Å²) in [4.78, 5) is 7.91. The van der Waals surface area contributed by atoms with Crippen LogP contribution in [0, 0.1) is 16.0 Å². The van der Waals surface area contributed by atoms with Crippen LogP contribution in [0.2, 0.25) is 0 Å². The van der Waals surface area contributed by atoms with Gasteiger partial charge in [-0.15, -0.1) is 0 Å². The van der Waals surface area contributed by atoms with E-state index in [1.165, 1.54) is 12.1 Å². The maximum Gasteiger partial charge on any atom is 0.129 e. The molecule has 0 aromatic carbocycles. The van der Waals surface area contributed by atoms with Crippen LogP contribution in [0.4, 0.5) is 0 Å². The Morgan fingerprint density at radius 1 is 1.56 bits per heavy atom. The fourth-order valence-electron chi connectivity index (χ4n) is 2.18. The first kappa shape index (κ1) is 11.8. The van der Waals surface area contributed by atoms with E-state index in [0.29, 0.717) is 17.3 Å². The monoisotopic (exact) mass is 236 g/mol. The fourth-order valence-corrected chi connectivity index (χ4v) is 2.42. The molecular weight excluding hydrogens is 216 g/mol. The van der Waals surface area contributed by atoms with Gasteiger partial charge in [0, 0.05) is 11.6 Å². The second-order valence-corrected chi connectivity index (χ2v) is 6.39. The summed E-state index contributed by atoms with van der Waals surface area (Å²) < 4.78 is 0.729. The topological polar surface area (TPSA) is 28.7 Å². The van der Waals surface area contributed by atoms with Crippen LogP contribution in [-0.2, 0) is 6.42 Å². The highest BCUT2D eigenvalue weighted by molar-refractivity contribution is 7.71. The van der Waals surface area contributed by atoms with Crippen molar-refractivity contribution >= 4 is 12.2 Å². The van der Waals surface area contributed by atoms with Crippen LogP contribution >= 0.6 is 12.2 Å². The molecule has 1 aliphatic carbocycles. The smallest absolute Gasteiger partial charge is 0.129 e. The van der Waals surface area contributed by atoms with Crippen LogP contribution in [0.5, 0.6) is 0 Å². The molecule has 1 fully saturated rings. The second kappa shape index (κ2) is 3.95. The minimum atomic E-state index is 0.404. The summed E-state index contributed by atoms with van der Waals surface area (Å²) in [6.45, 7) is 9.01. The predicted molar refractivity (Wildman–Crippen MR) is 69.1 cm³/mol. The van der Waals surface area contributed by atoms with Crippen LogP contribution in [0.3, 0.4) is 0 Å². The molecule has 1 unspecified atom stereocenters. The lowest BCUT2D eigenvalue weighted by atomic mass is 10.1. The molecule has 2 rings (SSSR count). The summed E-state index contributed by atoms with van der Waals surface area (Å²) in [5.41, 5.74) is 1.63. The molecule has 1 atom stereocenters. The number of aromatic nitrogens is 2. The van der Waals surface area contributed by atoms with Gasteiger partial charge in [0.15, 0.2) is 0 Å². The average molecular weight is 236 g/mol. The van der Waals surface area contributed by atoms with Crippen molar-refractivity contribution in [3.05, 3.63) is 22.2 Å². The summed E-state index contributed by atoms with van der Waals surface area (Å²) in [5, 5.41) is 0. The summed E-state index contributed by atoms with van der Waals surface area (Å²) >= 11 is 5.23. The predicted octanol–water partition coefficient (Wildman–Crippen LogP) is 3.85. The van der Waals surface area contributed by atoms with E-state index >= 15 is 0 Å². The van der Waals surface area contributed by atoms with E-state index in [0.717, 1.165) is 16.9 Å². The fraction of sp³-hybridized carbons (Fsp3) is 0.692. The molecule has 0 spiro atoms. The van der Waals surface area contributed by atoms with E-state index in [1.807, 2.05) is 6.07 Å². The zero-order valence-electron chi connectivity index (χ0n) is 10.5. The maximum absolute atomic E-state index is 5.23. The van der Waals surface area contributed by atoms with E-state index in [-0.39, 0.29) is 0 Å². The molecule has 1 saturated carbocycles. The molecular formula is C13H20N2S. The Kier molecular flexibility index (Phi) is 2.91. The lowest BCUT2D eigenvalue weighted by Gasteiger charge is -2.09. The maximum atomic E-state index is 5.23. The van der Waals surface area contributed by atoms with Crippen molar-refractivity contribution in [1.29, 1.82) is 0 Å². The molecule has 2 nitrogen and oxygen atoms in total.